The van der Waals surface area contributed by atoms with Gasteiger partial charge in [0.25, 0.3) is 0 Å². The molecule has 0 aromatic heterocycles. The minimum atomic E-state index is 0.434. The highest BCUT2D eigenvalue weighted by molar-refractivity contribution is 6.50. The molecule has 0 saturated heterocycles. The van der Waals surface area contributed by atoms with Crippen molar-refractivity contribution in [1.82, 2.24) is 0 Å². The quantitative estimate of drug-likeness (QED) is 0.433. The van der Waals surface area contributed by atoms with Crippen LogP contribution < -0.4 is 0 Å². The van der Waals surface area contributed by atoms with Gasteiger partial charge < -0.3 is 0 Å². The molecule has 0 spiro atoms. The van der Waals surface area contributed by atoms with E-state index in [0.717, 1.165) is 16.2 Å². The summed E-state index contributed by atoms with van der Waals surface area (Å²) >= 11 is 24.4. The highest BCUT2D eigenvalue weighted by atomic mass is 35.5. The first kappa shape index (κ1) is 12.4. The van der Waals surface area contributed by atoms with Gasteiger partial charge in [0.05, 0.1) is 10.0 Å². The largest absolute Gasteiger partial charge is 0.0836 e. The molecule has 0 fully saturated rings. The highest BCUT2D eigenvalue weighted by Gasteiger charge is 2.12. The molecule has 0 saturated carbocycles. The summed E-state index contributed by atoms with van der Waals surface area (Å²) in [7, 11) is 0. The summed E-state index contributed by atoms with van der Waals surface area (Å²) < 4.78 is 0. The van der Waals surface area contributed by atoms with Gasteiger partial charge in [0.15, 0.2) is 0 Å². The van der Waals surface area contributed by atoms with Gasteiger partial charge in [-0.15, -0.1) is 0 Å². The molecule has 0 N–H and O–H groups in total. The van der Waals surface area contributed by atoms with Gasteiger partial charge in [-0.1, -0.05) is 52.5 Å². The highest BCUT2D eigenvalue weighted by Crippen LogP contribution is 2.40. The molecule has 4 heteroatoms. The van der Waals surface area contributed by atoms with Crippen LogP contribution in [0.15, 0.2) is 24.3 Å². The van der Waals surface area contributed by atoms with Crippen LogP contribution in [0.2, 0.25) is 20.1 Å². The van der Waals surface area contributed by atoms with E-state index in [-0.39, 0.29) is 0 Å². The lowest BCUT2D eigenvalue weighted by Gasteiger charge is -2.09. The van der Waals surface area contributed by atoms with Crippen molar-refractivity contribution < 1.29 is 0 Å². The second kappa shape index (κ2) is 4.47. The lowest BCUT2D eigenvalue weighted by Crippen LogP contribution is -1.83. The predicted molar refractivity (Wildman–Crippen MR) is 79.2 cm³/mol. The zero-order chi connectivity index (χ0) is 12.9. The van der Waals surface area contributed by atoms with Crippen LogP contribution in [0.1, 0.15) is 0 Å². The molecule has 0 aliphatic carbocycles. The Morgan fingerprint density at radius 2 is 1.56 bits per heavy atom. The zero-order valence-electron chi connectivity index (χ0n) is 8.82. The van der Waals surface area contributed by atoms with Crippen LogP contribution in [0, 0.1) is 12.1 Å². The second-order valence-corrected chi connectivity index (χ2v) is 5.40. The molecular formula is C14H4Cl4. The van der Waals surface area contributed by atoms with Crippen molar-refractivity contribution in [2.45, 2.75) is 0 Å². The molecule has 2 radical (unpaired) electrons. The summed E-state index contributed by atoms with van der Waals surface area (Å²) in [5, 5.41) is 5.24. The summed E-state index contributed by atoms with van der Waals surface area (Å²) in [6.07, 6.45) is 0. The Morgan fingerprint density at radius 3 is 2.33 bits per heavy atom. The van der Waals surface area contributed by atoms with Crippen molar-refractivity contribution in [3.8, 4) is 0 Å². The van der Waals surface area contributed by atoms with E-state index in [4.69, 9.17) is 46.4 Å². The number of halogens is 4. The second-order valence-electron chi connectivity index (χ2n) is 3.83. The summed E-state index contributed by atoms with van der Waals surface area (Å²) in [6.45, 7) is 0. The third kappa shape index (κ3) is 1.85. The van der Waals surface area contributed by atoms with Gasteiger partial charge in [-0.2, -0.15) is 0 Å². The Labute approximate surface area is 124 Å². The molecule has 3 aromatic carbocycles. The lowest BCUT2D eigenvalue weighted by molar-refractivity contribution is 1.74. The van der Waals surface area contributed by atoms with E-state index in [9.17, 15) is 0 Å². The fraction of sp³-hybridized carbons (Fsp3) is 0. The Hall–Kier alpha value is -0.660. The minimum absolute atomic E-state index is 0.434. The summed E-state index contributed by atoms with van der Waals surface area (Å²) in [5.41, 5.74) is 0. The maximum atomic E-state index is 6.26. The SMILES string of the molecule is Clc1[c]c2c(Cl)c(Cl)c3cc(Cl)[c]cc3c2cc1. The smallest absolute Gasteiger partial charge is 0.0684 e. The number of hydrogen-bond acceptors (Lipinski definition) is 0. The van der Waals surface area contributed by atoms with Crippen LogP contribution in [-0.4, -0.2) is 0 Å². The number of hydrogen-bond donors (Lipinski definition) is 0. The molecule has 18 heavy (non-hydrogen) atoms. The fourth-order valence-electron chi connectivity index (χ4n) is 1.96. The van der Waals surface area contributed by atoms with Crippen LogP contribution in [0.4, 0.5) is 0 Å². The zero-order valence-corrected chi connectivity index (χ0v) is 11.8. The van der Waals surface area contributed by atoms with Gasteiger partial charge in [0.1, 0.15) is 0 Å². The van der Waals surface area contributed by atoms with E-state index in [2.05, 4.69) is 12.1 Å². The van der Waals surface area contributed by atoms with E-state index in [1.807, 2.05) is 6.07 Å². The van der Waals surface area contributed by atoms with Crippen LogP contribution in [0.3, 0.4) is 0 Å². The van der Waals surface area contributed by atoms with Crippen LogP contribution in [-0.2, 0) is 0 Å². The monoisotopic (exact) mass is 312 g/mol. The molecule has 0 unspecified atom stereocenters. The molecule has 3 aromatic rings. The number of fused-ring (bicyclic) bond motifs is 3. The topological polar surface area (TPSA) is 0 Å². The maximum absolute atomic E-state index is 6.26. The van der Waals surface area contributed by atoms with Crippen LogP contribution in [0.5, 0.6) is 0 Å². The van der Waals surface area contributed by atoms with Crippen molar-refractivity contribution in [3.05, 3.63) is 56.5 Å². The third-order valence-corrected chi connectivity index (χ3v) is 4.07. The average Bonchev–Trinajstić information content (AvgIpc) is 2.36. The first-order valence-electron chi connectivity index (χ1n) is 5.07. The Morgan fingerprint density at radius 1 is 0.778 bits per heavy atom. The van der Waals surface area contributed by atoms with Crippen molar-refractivity contribution in [1.29, 1.82) is 0 Å². The molecule has 0 amide bonds. The predicted octanol–water partition coefficient (Wildman–Crippen LogP) is 6.21. The van der Waals surface area contributed by atoms with Gasteiger partial charge in [-0.05, 0) is 29.0 Å². The maximum Gasteiger partial charge on any atom is 0.0684 e. The van der Waals surface area contributed by atoms with Gasteiger partial charge in [0.2, 0.25) is 0 Å². The fourth-order valence-corrected chi connectivity index (χ4v) is 2.79. The van der Waals surface area contributed by atoms with Crippen molar-refractivity contribution in [2.75, 3.05) is 0 Å². The summed E-state index contributed by atoms with van der Waals surface area (Å²) in [4.78, 5) is 0. The molecule has 0 bridgehead atoms. The first-order chi connectivity index (χ1) is 8.58. The molecular weight excluding hydrogens is 310 g/mol. The molecule has 0 heterocycles. The Kier molecular flexibility index (Phi) is 3.07. The van der Waals surface area contributed by atoms with E-state index in [1.54, 1.807) is 18.2 Å². The summed E-state index contributed by atoms with van der Waals surface area (Å²) in [6, 6.07) is 13.2. The van der Waals surface area contributed by atoms with Gasteiger partial charge >= 0.3 is 0 Å². The van der Waals surface area contributed by atoms with Crippen molar-refractivity contribution in [2.24, 2.45) is 0 Å². The molecule has 88 valence electrons. The molecule has 0 aliphatic rings. The average molecular weight is 314 g/mol. The van der Waals surface area contributed by atoms with E-state index in [0.29, 0.717) is 25.5 Å². The minimum Gasteiger partial charge on any atom is -0.0836 e. The first-order valence-corrected chi connectivity index (χ1v) is 6.58. The van der Waals surface area contributed by atoms with Gasteiger partial charge in [0, 0.05) is 33.0 Å². The Bertz CT molecular complexity index is 711. The summed E-state index contributed by atoms with van der Waals surface area (Å²) in [5.74, 6) is 0. The molecule has 3 rings (SSSR count). The number of benzene rings is 3. The molecule has 0 atom stereocenters. The molecule has 0 aliphatic heterocycles. The standard InChI is InChI=1S/C14H4Cl4/c15-7-1-3-9-10-4-2-8(16)6-12(10)14(18)13(17)11(9)5-7/h1,3-4,6H. The van der Waals surface area contributed by atoms with Crippen molar-refractivity contribution in [3.63, 3.8) is 0 Å². The van der Waals surface area contributed by atoms with E-state index in [1.165, 1.54) is 0 Å². The Balaban J connectivity index is 2.62. The van der Waals surface area contributed by atoms with Crippen LogP contribution >= 0.6 is 46.4 Å². The molecule has 0 nitrogen and oxygen atoms in total. The lowest BCUT2D eigenvalue weighted by atomic mass is 10.0. The van der Waals surface area contributed by atoms with Crippen molar-refractivity contribution >= 4 is 67.9 Å². The van der Waals surface area contributed by atoms with E-state index >= 15 is 0 Å². The normalized spacial score (nSPS) is 11.3. The van der Waals surface area contributed by atoms with Gasteiger partial charge in [-0.3, -0.25) is 0 Å². The van der Waals surface area contributed by atoms with Gasteiger partial charge in [-0.25, -0.2) is 0 Å². The third-order valence-electron chi connectivity index (χ3n) is 2.76. The van der Waals surface area contributed by atoms with E-state index < -0.39 is 0 Å². The van der Waals surface area contributed by atoms with Crippen LogP contribution in [0.25, 0.3) is 21.5 Å². The number of rotatable bonds is 0.